The van der Waals surface area contributed by atoms with Crippen molar-refractivity contribution in [1.82, 2.24) is 0 Å². The van der Waals surface area contributed by atoms with Gasteiger partial charge in [0.05, 0.1) is 0 Å². The number of nitrogens with one attached hydrogen (secondary N) is 2. The molecule has 0 heterocycles. The molecule has 2 N–H and O–H groups in total. The monoisotopic (exact) mass is 434 g/mol. The first-order valence-corrected chi connectivity index (χ1v) is 7.71. The van der Waals surface area contributed by atoms with Gasteiger partial charge in [-0.3, -0.25) is 0 Å². The fourth-order valence-electron chi connectivity index (χ4n) is 2.15. The summed E-state index contributed by atoms with van der Waals surface area (Å²) in [5.41, 5.74) is -1.66. The van der Waals surface area contributed by atoms with E-state index in [1.54, 1.807) is 0 Å². The maximum atomic E-state index is 13.8. The highest BCUT2D eigenvalue weighted by Gasteiger charge is 2.86. The third-order valence-electron chi connectivity index (χ3n) is 3.73. The Labute approximate surface area is 157 Å². The summed E-state index contributed by atoms with van der Waals surface area (Å²) in [6.45, 7) is 0. The summed E-state index contributed by atoms with van der Waals surface area (Å²) in [4.78, 5) is 0. The zero-order chi connectivity index (χ0) is 22.1. The molecule has 160 valence electrons. The van der Waals surface area contributed by atoms with Crippen LogP contribution in [-0.2, 0) is 0 Å². The fraction of sp³-hybridized carbons (Fsp3) is 0.294. The van der Waals surface area contributed by atoms with E-state index in [2.05, 4.69) is 0 Å². The second-order valence-electron chi connectivity index (χ2n) is 5.85. The van der Waals surface area contributed by atoms with Crippen LogP contribution in [0.4, 0.5) is 55.3 Å². The van der Waals surface area contributed by atoms with Gasteiger partial charge < -0.3 is 10.6 Å². The molecule has 2 rings (SSSR count). The van der Waals surface area contributed by atoms with Crippen LogP contribution in [0.15, 0.2) is 60.7 Å². The van der Waals surface area contributed by atoms with Gasteiger partial charge in [0.2, 0.25) is 0 Å². The van der Waals surface area contributed by atoms with Crippen molar-refractivity contribution < 1.29 is 43.9 Å². The van der Waals surface area contributed by atoms with Gasteiger partial charge in [0.15, 0.2) is 0 Å². The van der Waals surface area contributed by atoms with E-state index in [9.17, 15) is 43.9 Å². The Balaban J connectivity index is 2.38. The molecular weight excluding hydrogens is 422 g/mol. The second kappa shape index (κ2) is 7.30. The zero-order valence-corrected chi connectivity index (χ0v) is 14.1. The fourth-order valence-corrected chi connectivity index (χ4v) is 2.15. The first kappa shape index (κ1) is 22.6. The molecule has 0 saturated heterocycles. The highest BCUT2D eigenvalue weighted by molar-refractivity contribution is 5.46. The van der Waals surface area contributed by atoms with Crippen LogP contribution in [0.1, 0.15) is 0 Å². The summed E-state index contributed by atoms with van der Waals surface area (Å²) in [5.74, 6) is -21.0. The summed E-state index contributed by atoms with van der Waals surface area (Å²) in [5, 5.41) is 1.35. The summed E-state index contributed by atoms with van der Waals surface area (Å²) in [6, 6.07) is -2.24. The van der Waals surface area contributed by atoms with E-state index in [0.29, 0.717) is 10.6 Å². The Morgan fingerprint density at radius 1 is 0.414 bits per heavy atom. The number of hydrogen-bond acceptors (Lipinski definition) is 2. The molecule has 12 heteroatoms. The molecule has 29 heavy (non-hydrogen) atoms. The number of halogens is 10. The molecule has 0 aliphatic heterocycles. The molecule has 2 nitrogen and oxygen atoms in total. The summed E-state index contributed by atoms with van der Waals surface area (Å²) in [6.07, 6.45) is 0. The van der Waals surface area contributed by atoms with Crippen molar-refractivity contribution in [1.29, 1.82) is 0 Å². The van der Waals surface area contributed by atoms with E-state index in [0.717, 1.165) is 48.5 Å². The van der Waals surface area contributed by atoms with Gasteiger partial charge in [-0.15, -0.1) is 0 Å². The van der Waals surface area contributed by atoms with Gasteiger partial charge in [-0.1, -0.05) is 36.4 Å². The average molecular weight is 434 g/mol. The molecule has 0 aliphatic carbocycles. The summed E-state index contributed by atoms with van der Waals surface area (Å²) >= 11 is 0. The van der Waals surface area contributed by atoms with Crippen molar-refractivity contribution >= 4 is 11.4 Å². The predicted molar refractivity (Wildman–Crippen MR) is 84.9 cm³/mol. The van der Waals surface area contributed by atoms with Crippen molar-refractivity contribution in [2.24, 2.45) is 0 Å². The Morgan fingerprint density at radius 3 is 0.966 bits per heavy atom. The Morgan fingerprint density at radius 2 is 0.690 bits per heavy atom. The Bertz CT molecular complexity index is 742. The van der Waals surface area contributed by atoms with E-state index in [-0.39, 0.29) is 0 Å². The minimum absolute atomic E-state index is 0.676. The van der Waals surface area contributed by atoms with Gasteiger partial charge >= 0.3 is 29.9 Å². The molecule has 0 unspecified atom stereocenters. The van der Waals surface area contributed by atoms with E-state index in [1.807, 2.05) is 0 Å². The molecule has 0 amide bonds. The van der Waals surface area contributed by atoms with Crippen molar-refractivity contribution in [3.63, 3.8) is 0 Å². The summed E-state index contributed by atoms with van der Waals surface area (Å²) < 4.78 is 138. The number of hydrogen-bond donors (Lipinski definition) is 2. The zero-order valence-electron chi connectivity index (χ0n) is 14.1. The standard InChI is InChI=1S/C17H12F10N2/c18-13(19,14(20,21)16(24,25)28-11-7-3-1-4-8-11)15(22,23)17(26,27)29-12-9-5-2-6-10-12/h1-10,28-29H. The average Bonchev–Trinajstić information content (AvgIpc) is 2.62. The lowest BCUT2D eigenvalue weighted by atomic mass is 10.00. The van der Waals surface area contributed by atoms with Crippen LogP contribution in [0.2, 0.25) is 0 Å². The minimum Gasteiger partial charge on any atom is -0.322 e. The normalized spacial score (nSPS) is 13.9. The number of para-hydroxylation sites is 2. The van der Waals surface area contributed by atoms with E-state index in [4.69, 9.17) is 0 Å². The maximum Gasteiger partial charge on any atom is 0.398 e. The van der Waals surface area contributed by atoms with Crippen molar-refractivity contribution in [3.05, 3.63) is 60.7 Å². The SMILES string of the molecule is FC(F)(Nc1ccccc1)C(F)(F)C(F)(F)C(F)(F)C(F)(F)Nc1ccccc1. The predicted octanol–water partition coefficient (Wildman–Crippen LogP) is 6.30. The lowest BCUT2D eigenvalue weighted by Gasteiger charge is -2.39. The van der Waals surface area contributed by atoms with Crippen molar-refractivity contribution in [2.75, 3.05) is 10.6 Å². The van der Waals surface area contributed by atoms with Crippen LogP contribution in [0, 0.1) is 0 Å². The van der Waals surface area contributed by atoms with Crippen LogP contribution in [0.25, 0.3) is 0 Å². The van der Waals surface area contributed by atoms with Gasteiger partial charge in [0.1, 0.15) is 0 Å². The molecule has 0 fully saturated rings. The third-order valence-corrected chi connectivity index (χ3v) is 3.73. The Kier molecular flexibility index (Phi) is 5.70. The van der Waals surface area contributed by atoms with E-state index < -0.39 is 41.2 Å². The number of rotatable bonds is 8. The maximum absolute atomic E-state index is 13.8. The Hall–Kier alpha value is -2.66. The molecule has 0 bridgehead atoms. The molecule has 0 aromatic heterocycles. The van der Waals surface area contributed by atoms with Crippen LogP contribution < -0.4 is 10.6 Å². The first-order valence-electron chi connectivity index (χ1n) is 7.71. The van der Waals surface area contributed by atoms with Crippen LogP contribution in [0.5, 0.6) is 0 Å². The molecule has 0 atom stereocenters. The van der Waals surface area contributed by atoms with Crippen molar-refractivity contribution in [3.8, 4) is 0 Å². The smallest absolute Gasteiger partial charge is 0.322 e. The number of benzene rings is 2. The van der Waals surface area contributed by atoms with Crippen LogP contribution in [-0.4, -0.2) is 29.9 Å². The van der Waals surface area contributed by atoms with Crippen molar-refractivity contribution in [2.45, 2.75) is 29.9 Å². The first-order chi connectivity index (χ1) is 13.2. The van der Waals surface area contributed by atoms with Crippen LogP contribution in [0.3, 0.4) is 0 Å². The molecule has 2 aromatic carbocycles. The lowest BCUT2D eigenvalue weighted by molar-refractivity contribution is -0.392. The largest absolute Gasteiger partial charge is 0.398 e. The van der Waals surface area contributed by atoms with Gasteiger partial charge in [-0.05, 0) is 24.3 Å². The highest BCUT2D eigenvalue weighted by Crippen LogP contribution is 2.56. The quantitative estimate of drug-likeness (QED) is 0.376. The molecule has 0 saturated carbocycles. The topological polar surface area (TPSA) is 24.1 Å². The van der Waals surface area contributed by atoms with Gasteiger partial charge in [0, 0.05) is 11.4 Å². The molecule has 0 spiro atoms. The highest BCUT2D eigenvalue weighted by atomic mass is 19.4. The molecule has 2 aromatic rings. The summed E-state index contributed by atoms with van der Waals surface area (Å²) in [7, 11) is 0. The van der Waals surface area contributed by atoms with Crippen LogP contribution >= 0.6 is 0 Å². The molecular formula is C17H12F10N2. The van der Waals surface area contributed by atoms with Gasteiger partial charge in [-0.2, -0.15) is 43.9 Å². The minimum atomic E-state index is -7.17. The van der Waals surface area contributed by atoms with Gasteiger partial charge in [-0.25, -0.2) is 0 Å². The van der Waals surface area contributed by atoms with Gasteiger partial charge in [0.25, 0.3) is 0 Å². The number of alkyl halides is 10. The lowest BCUT2D eigenvalue weighted by Crippen LogP contribution is -2.70. The second-order valence-corrected chi connectivity index (χ2v) is 5.85. The van der Waals surface area contributed by atoms with E-state index >= 15 is 0 Å². The van der Waals surface area contributed by atoms with E-state index in [1.165, 1.54) is 12.1 Å². The molecule has 0 radical (unpaired) electrons. The molecule has 0 aliphatic rings. The third kappa shape index (κ3) is 3.92. The number of anilines is 2.